The zero-order valence-electron chi connectivity index (χ0n) is 14.3. The monoisotopic (exact) mass is 385 g/mol. The first-order valence-corrected chi connectivity index (χ1v) is 10.0. The number of nitrogens with one attached hydrogen (secondary N) is 1. The van der Waals surface area contributed by atoms with E-state index in [1.54, 1.807) is 6.20 Å². The lowest BCUT2D eigenvalue weighted by Gasteiger charge is -2.35. The van der Waals surface area contributed by atoms with E-state index in [0.717, 1.165) is 35.4 Å². The summed E-state index contributed by atoms with van der Waals surface area (Å²) in [5.41, 5.74) is 2.34. The molecule has 1 aromatic carbocycles. The Balaban J connectivity index is 1.53. The van der Waals surface area contributed by atoms with Crippen LogP contribution in [-0.2, 0) is 6.54 Å². The van der Waals surface area contributed by atoms with E-state index in [-0.39, 0.29) is 0 Å². The summed E-state index contributed by atoms with van der Waals surface area (Å²) in [6.45, 7) is 1.98. The van der Waals surface area contributed by atoms with Crippen molar-refractivity contribution >= 4 is 34.0 Å². The summed E-state index contributed by atoms with van der Waals surface area (Å²) in [6, 6.07) is 10.4. The van der Waals surface area contributed by atoms with Crippen molar-refractivity contribution in [3.63, 3.8) is 0 Å². The van der Waals surface area contributed by atoms with Gasteiger partial charge in [-0.15, -0.1) is 11.3 Å². The van der Waals surface area contributed by atoms with E-state index in [1.165, 1.54) is 29.7 Å². The third-order valence-electron chi connectivity index (χ3n) is 4.58. The predicted octanol–water partition coefficient (Wildman–Crippen LogP) is 5.06. The molecule has 0 amide bonds. The van der Waals surface area contributed by atoms with Gasteiger partial charge in [0.05, 0.1) is 11.7 Å². The minimum Gasteiger partial charge on any atom is -0.300 e. The van der Waals surface area contributed by atoms with E-state index in [1.807, 2.05) is 29.8 Å². The molecule has 1 atom stereocenters. The number of aromatic nitrogens is 3. The van der Waals surface area contributed by atoms with Crippen LogP contribution in [0.15, 0.2) is 48.1 Å². The van der Waals surface area contributed by atoms with Crippen molar-refractivity contribution < 1.29 is 0 Å². The van der Waals surface area contributed by atoms with E-state index in [2.05, 4.69) is 32.3 Å². The van der Waals surface area contributed by atoms with Crippen LogP contribution in [0.1, 0.15) is 36.6 Å². The lowest BCUT2D eigenvalue weighted by molar-refractivity contribution is 0.137. The summed E-state index contributed by atoms with van der Waals surface area (Å²) in [5.74, 6) is 0.606. The van der Waals surface area contributed by atoms with Gasteiger partial charge in [-0.1, -0.05) is 30.2 Å². The van der Waals surface area contributed by atoms with E-state index in [4.69, 9.17) is 16.6 Å². The SMILES string of the molecule is Clc1ccc(CN2CCCC[C@@H]2c2ccnc(Nc3nccs3)n2)cc1. The van der Waals surface area contributed by atoms with Crippen molar-refractivity contribution in [3.8, 4) is 0 Å². The summed E-state index contributed by atoms with van der Waals surface area (Å²) in [6.07, 6.45) is 7.15. The molecule has 26 heavy (non-hydrogen) atoms. The standard InChI is InChI=1S/C19H20ClN5S/c20-15-6-4-14(5-7-15)13-25-11-2-1-3-17(25)16-8-9-21-18(23-16)24-19-22-10-12-26-19/h4-10,12,17H,1-3,11,13H2,(H,21,22,23,24)/t17-/m1/s1. The molecule has 0 radical (unpaired) electrons. The maximum absolute atomic E-state index is 6.01. The molecule has 134 valence electrons. The molecule has 0 saturated carbocycles. The van der Waals surface area contributed by atoms with Crippen LogP contribution < -0.4 is 5.32 Å². The van der Waals surface area contributed by atoms with Crippen molar-refractivity contribution in [3.05, 3.63) is 64.4 Å². The number of hydrogen-bond acceptors (Lipinski definition) is 6. The van der Waals surface area contributed by atoms with Gasteiger partial charge in [0.15, 0.2) is 5.13 Å². The second-order valence-corrected chi connectivity index (χ2v) is 7.71. The van der Waals surface area contributed by atoms with Gasteiger partial charge in [0, 0.05) is 29.3 Å². The Bertz CT molecular complexity index is 837. The van der Waals surface area contributed by atoms with E-state index < -0.39 is 0 Å². The Hall–Kier alpha value is -2.02. The van der Waals surface area contributed by atoms with Gasteiger partial charge in [0.1, 0.15) is 0 Å². The fourth-order valence-electron chi connectivity index (χ4n) is 3.34. The molecule has 7 heteroatoms. The Kier molecular flexibility index (Phi) is 5.43. The molecular weight excluding hydrogens is 366 g/mol. The van der Waals surface area contributed by atoms with Gasteiger partial charge in [-0.2, -0.15) is 0 Å². The third kappa shape index (κ3) is 4.20. The summed E-state index contributed by atoms with van der Waals surface area (Å²) >= 11 is 7.55. The van der Waals surface area contributed by atoms with Gasteiger partial charge in [0.25, 0.3) is 0 Å². The molecule has 0 bridgehead atoms. The molecule has 3 heterocycles. The fourth-order valence-corrected chi connectivity index (χ4v) is 3.99. The van der Waals surface area contributed by atoms with Gasteiger partial charge in [-0.25, -0.2) is 15.0 Å². The molecule has 0 spiro atoms. The fraction of sp³-hybridized carbons (Fsp3) is 0.316. The average Bonchev–Trinajstić information content (AvgIpc) is 3.17. The highest BCUT2D eigenvalue weighted by atomic mass is 35.5. The first-order valence-electron chi connectivity index (χ1n) is 8.76. The summed E-state index contributed by atoms with van der Waals surface area (Å²) in [5, 5.41) is 6.70. The van der Waals surface area contributed by atoms with Crippen LogP contribution in [0.2, 0.25) is 5.02 Å². The second kappa shape index (κ2) is 8.12. The first-order chi connectivity index (χ1) is 12.8. The van der Waals surface area contributed by atoms with Crippen molar-refractivity contribution in [1.82, 2.24) is 19.9 Å². The minimum atomic E-state index is 0.305. The largest absolute Gasteiger partial charge is 0.300 e. The van der Waals surface area contributed by atoms with Gasteiger partial charge < -0.3 is 5.32 Å². The van der Waals surface area contributed by atoms with Gasteiger partial charge in [-0.05, 0) is 43.1 Å². The van der Waals surface area contributed by atoms with Gasteiger partial charge >= 0.3 is 0 Å². The lowest BCUT2D eigenvalue weighted by Crippen LogP contribution is -2.33. The zero-order chi connectivity index (χ0) is 17.8. The number of likely N-dealkylation sites (tertiary alicyclic amines) is 1. The minimum absolute atomic E-state index is 0.305. The van der Waals surface area contributed by atoms with E-state index in [0.29, 0.717) is 12.0 Å². The van der Waals surface area contributed by atoms with Crippen LogP contribution in [0, 0.1) is 0 Å². The van der Waals surface area contributed by atoms with E-state index >= 15 is 0 Å². The van der Waals surface area contributed by atoms with Crippen molar-refractivity contribution in [2.45, 2.75) is 31.8 Å². The number of rotatable bonds is 5. The molecule has 1 N–H and O–H groups in total. The Labute approximate surface area is 162 Å². The maximum Gasteiger partial charge on any atom is 0.229 e. The normalized spacial score (nSPS) is 18.0. The van der Waals surface area contributed by atoms with Crippen LogP contribution in [0.3, 0.4) is 0 Å². The predicted molar refractivity (Wildman–Crippen MR) is 106 cm³/mol. The number of benzene rings is 1. The Morgan fingerprint density at radius 1 is 1.12 bits per heavy atom. The molecule has 5 nitrogen and oxygen atoms in total. The van der Waals surface area contributed by atoms with Crippen LogP contribution in [-0.4, -0.2) is 26.4 Å². The lowest BCUT2D eigenvalue weighted by atomic mass is 9.98. The molecule has 2 aromatic heterocycles. The molecule has 4 rings (SSSR count). The van der Waals surface area contributed by atoms with Gasteiger partial charge in [-0.3, -0.25) is 4.90 Å². The molecule has 0 unspecified atom stereocenters. The molecule has 1 saturated heterocycles. The number of thiazole rings is 1. The number of nitrogens with zero attached hydrogens (tertiary/aromatic N) is 4. The second-order valence-electron chi connectivity index (χ2n) is 6.38. The van der Waals surface area contributed by atoms with Crippen molar-refractivity contribution in [2.75, 3.05) is 11.9 Å². The van der Waals surface area contributed by atoms with Crippen molar-refractivity contribution in [2.24, 2.45) is 0 Å². The third-order valence-corrected chi connectivity index (χ3v) is 5.52. The molecule has 3 aromatic rings. The number of piperidine rings is 1. The van der Waals surface area contributed by atoms with Gasteiger partial charge in [0.2, 0.25) is 5.95 Å². The highest BCUT2D eigenvalue weighted by molar-refractivity contribution is 7.13. The molecule has 0 aliphatic carbocycles. The topological polar surface area (TPSA) is 53.9 Å². The van der Waals surface area contributed by atoms with Crippen LogP contribution >= 0.6 is 22.9 Å². The quantitative estimate of drug-likeness (QED) is 0.665. The first kappa shape index (κ1) is 17.4. The van der Waals surface area contributed by atoms with Crippen LogP contribution in [0.4, 0.5) is 11.1 Å². The molecule has 1 fully saturated rings. The smallest absolute Gasteiger partial charge is 0.229 e. The number of hydrogen-bond donors (Lipinski definition) is 1. The summed E-state index contributed by atoms with van der Waals surface area (Å²) in [4.78, 5) is 15.8. The Morgan fingerprint density at radius 2 is 2.00 bits per heavy atom. The van der Waals surface area contributed by atoms with E-state index in [9.17, 15) is 0 Å². The number of halogens is 1. The van der Waals surface area contributed by atoms with Crippen molar-refractivity contribution in [1.29, 1.82) is 0 Å². The molecule has 1 aliphatic rings. The highest BCUT2D eigenvalue weighted by Gasteiger charge is 2.25. The molecular formula is C19H20ClN5S. The maximum atomic E-state index is 6.01. The molecule has 1 aliphatic heterocycles. The van der Waals surface area contributed by atoms with Crippen LogP contribution in [0.25, 0.3) is 0 Å². The number of anilines is 2. The summed E-state index contributed by atoms with van der Waals surface area (Å²) in [7, 11) is 0. The summed E-state index contributed by atoms with van der Waals surface area (Å²) < 4.78 is 0. The van der Waals surface area contributed by atoms with Crippen LogP contribution in [0.5, 0.6) is 0 Å². The average molecular weight is 386 g/mol. The highest BCUT2D eigenvalue weighted by Crippen LogP contribution is 2.31. The zero-order valence-corrected chi connectivity index (χ0v) is 15.9. The Morgan fingerprint density at radius 3 is 2.81 bits per heavy atom.